The fourth-order valence-electron chi connectivity index (χ4n) is 1.88. The number of hydrogen-bond acceptors (Lipinski definition) is 3. The van der Waals surface area contributed by atoms with Gasteiger partial charge in [-0.3, -0.25) is 9.63 Å². The Hall–Kier alpha value is -1.39. The summed E-state index contributed by atoms with van der Waals surface area (Å²) in [5, 5.41) is 3.25. The van der Waals surface area contributed by atoms with Crippen molar-refractivity contribution >= 4 is 5.91 Å². The molecule has 1 fully saturated rings. The zero-order chi connectivity index (χ0) is 11.9. The van der Waals surface area contributed by atoms with Crippen molar-refractivity contribution in [3.63, 3.8) is 0 Å². The normalized spacial score (nSPS) is 16.7. The van der Waals surface area contributed by atoms with Crippen LogP contribution in [0.25, 0.3) is 0 Å². The molecule has 0 aliphatic carbocycles. The quantitative estimate of drug-likeness (QED) is 0.765. The van der Waals surface area contributed by atoms with Gasteiger partial charge in [-0.05, 0) is 31.5 Å². The molecule has 4 nitrogen and oxygen atoms in total. The van der Waals surface area contributed by atoms with Crippen LogP contribution >= 0.6 is 0 Å². The molecule has 0 radical (unpaired) electrons. The molecule has 0 atom stereocenters. The van der Waals surface area contributed by atoms with Crippen molar-refractivity contribution in [3.05, 3.63) is 35.9 Å². The highest BCUT2D eigenvalue weighted by molar-refractivity contribution is 5.77. The maximum Gasteiger partial charge on any atom is 0.247 e. The summed E-state index contributed by atoms with van der Waals surface area (Å²) in [6, 6.07) is 9.66. The Morgan fingerprint density at radius 3 is 2.71 bits per heavy atom. The highest BCUT2D eigenvalue weighted by Gasteiger charge is 2.14. The molecule has 1 aromatic rings. The molecule has 1 aliphatic rings. The number of nitrogens with one attached hydrogen (secondary N) is 2. The second-order valence-electron chi connectivity index (χ2n) is 4.25. The predicted molar refractivity (Wildman–Crippen MR) is 65.3 cm³/mol. The van der Waals surface area contributed by atoms with Crippen molar-refractivity contribution in [1.29, 1.82) is 0 Å². The monoisotopic (exact) mass is 234 g/mol. The van der Waals surface area contributed by atoms with E-state index < -0.39 is 0 Å². The number of hydrogen-bond donors (Lipinski definition) is 2. The topological polar surface area (TPSA) is 50.4 Å². The number of piperidine rings is 1. The molecule has 1 aliphatic heterocycles. The maximum atomic E-state index is 11.6. The smallest absolute Gasteiger partial charge is 0.247 e. The summed E-state index contributed by atoms with van der Waals surface area (Å²) in [6.45, 7) is 1.92. The van der Waals surface area contributed by atoms with Crippen LogP contribution in [0.15, 0.2) is 30.3 Å². The fraction of sp³-hybridized carbons (Fsp3) is 0.462. The van der Waals surface area contributed by atoms with Crippen molar-refractivity contribution in [2.45, 2.75) is 25.4 Å². The van der Waals surface area contributed by atoms with E-state index in [0.717, 1.165) is 31.5 Å². The average molecular weight is 234 g/mol. The number of carbonyl (C=O) groups is 1. The van der Waals surface area contributed by atoms with E-state index in [2.05, 4.69) is 10.8 Å². The van der Waals surface area contributed by atoms with Gasteiger partial charge in [0.25, 0.3) is 0 Å². The summed E-state index contributed by atoms with van der Waals surface area (Å²) in [7, 11) is 0. The molecule has 2 rings (SSSR count). The number of amides is 1. The average Bonchev–Trinajstić information content (AvgIpc) is 2.39. The van der Waals surface area contributed by atoms with Crippen LogP contribution in [-0.4, -0.2) is 25.1 Å². The Labute approximate surface area is 101 Å². The van der Waals surface area contributed by atoms with Gasteiger partial charge in [-0.1, -0.05) is 30.3 Å². The Balaban J connectivity index is 1.70. The molecule has 0 spiro atoms. The van der Waals surface area contributed by atoms with Crippen LogP contribution in [0.4, 0.5) is 0 Å². The first-order valence-corrected chi connectivity index (χ1v) is 6.04. The lowest BCUT2D eigenvalue weighted by molar-refractivity contribution is -0.139. The highest BCUT2D eigenvalue weighted by atomic mass is 16.7. The van der Waals surface area contributed by atoms with Gasteiger partial charge in [0, 0.05) is 0 Å². The molecule has 1 aromatic carbocycles. The van der Waals surface area contributed by atoms with Crippen molar-refractivity contribution in [2.75, 3.05) is 13.1 Å². The van der Waals surface area contributed by atoms with Gasteiger partial charge in [-0.2, -0.15) is 0 Å². The van der Waals surface area contributed by atoms with E-state index in [0.29, 0.717) is 6.42 Å². The van der Waals surface area contributed by atoms with E-state index >= 15 is 0 Å². The van der Waals surface area contributed by atoms with Gasteiger partial charge in [0.15, 0.2) is 0 Å². The zero-order valence-corrected chi connectivity index (χ0v) is 9.82. The Bertz CT molecular complexity index is 348. The van der Waals surface area contributed by atoms with Crippen molar-refractivity contribution < 1.29 is 9.63 Å². The first-order chi connectivity index (χ1) is 8.34. The van der Waals surface area contributed by atoms with Crippen LogP contribution in [0, 0.1) is 0 Å². The van der Waals surface area contributed by atoms with E-state index in [9.17, 15) is 4.79 Å². The highest BCUT2D eigenvalue weighted by Crippen LogP contribution is 2.05. The first-order valence-electron chi connectivity index (χ1n) is 6.04. The van der Waals surface area contributed by atoms with Gasteiger partial charge in [0.05, 0.1) is 12.5 Å². The maximum absolute atomic E-state index is 11.6. The molecule has 4 heteroatoms. The lowest BCUT2D eigenvalue weighted by Crippen LogP contribution is -2.37. The van der Waals surface area contributed by atoms with Gasteiger partial charge in [-0.15, -0.1) is 0 Å². The molecule has 2 N–H and O–H groups in total. The van der Waals surface area contributed by atoms with Crippen molar-refractivity contribution in [3.8, 4) is 0 Å². The zero-order valence-electron chi connectivity index (χ0n) is 9.82. The van der Waals surface area contributed by atoms with Gasteiger partial charge in [0.2, 0.25) is 5.91 Å². The molecule has 1 amide bonds. The summed E-state index contributed by atoms with van der Waals surface area (Å²) in [5.41, 5.74) is 3.53. The van der Waals surface area contributed by atoms with Gasteiger partial charge < -0.3 is 5.32 Å². The third-order valence-corrected chi connectivity index (χ3v) is 2.83. The minimum absolute atomic E-state index is 0.0882. The molecule has 1 saturated heterocycles. The van der Waals surface area contributed by atoms with E-state index in [1.807, 2.05) is 30.3 Å². The summed E-state index contributed by atoms with van der Waals surface area (Å²) >= 11 is 0. The Kier molecular flexibility index (Phi) is 4.53. The summed E-state index contributed by atoms with van der Waals surface area (Å²) in [5.74, 6) is -0.0882. The van der Waals surface area contributed by atoms with Crippen LogP contribution < -0.4 is 10.8 Å². The lowest BCUT2D eigenvalue weighted by Gasteiger charge is -2.22. The molecule has 0 bridgehead atoms. The number of hydroxylamine groups is 1. The molecule has 92 valence electrons. The van der Waals surface area contributed by atoms with E-state index in [4.69, 9.17) is 4.84 Å². The van der Waals surface area contributed by atoms with Gasteiger partial charge >= 0.3 is 0 Å². The molecule has 1 heterocycles. The lowest BCUT2D eigenvalue weighted by atomic mass is 10.1. The third kappa shape index (κ3) is 4.17. The van der Waals surface area contributed by atoms with Crippen LogP contribution in [-0.2, 0) is 16.1 Å². The van der Waals surface area contributed by atoms with E-state index in [1.165, 1.54) is 0 Å². The molecule has 17 heavy (non-hydrogen) atoms. The minimum Gasteiger partial charge on any atom is -0.317 e. The summed E-state index contributed by atoms with van der Waals surface area (Å²) in [4.78, 5) is 17.0. The second kappa shape index (κ2) is 6.37. The van der Waals surface area contributed by atoms with E-state index in [-0.39, 0.29) is 12.0 Å². The Morgan fingerprint density at radius 1 is 1.29 bits per heavy atom. The van der Waals surface area contributed by atoms with Crippen LogP contribution in [0.2, 0.25) is 0 Å². The number of benzene rings is 1. The summed E-state index contributed by atoms with van der Waals surface area (Å²) in [6.07, 6.45) is 2.42. The molecular formula is C13H18N2O2. The standard InChI is InChI=1S/C13H18N2O2/c16-13(10-11-4-2-1-3-5-11)15-17-12-6-8-14-9-7-12/h1-5,12,14H,6-10H2,(H,15,16). The number of rotatable bonds is 4. The molecule has 0 saturated carbocycles. The largest absolute Gasteiger partial charge is 0.317 e. The van der Waals surface area contributed by atoms with Crippen LogP contribution in [0.1, 0.15) is 18.4 Å². The second-order valence-corrected chi connectivity index (χ2v) is 4.25. The number of carbonyl (C=O) groups excluding carboxylic acids is 1. The van der Waals surface area contributed by atoms with Crippen LogP contribution in [0.3, 0.4) is 0 Å². The SMILES string of the molecule is O=C(Cc1ccccc1)NOC1CCNCC1. The summed E-state index contributed by atoms with van der Waals surface area (Å²) < 4.78 is 0. The van der Waals surface area contributed by atoms with Crippen molar-refractivity contribution in [1.82, 2.24) is 10.8 Å². The van der Waals surface area contributed by atoms with Crippen molar-refractivity contribution in [2.24, 2.45) is 0 Å². The fourth-order valence-corrected chi connectivity index (χ4v) is 1.88. The van der Waals surface area contributed by atoms with E-state index in [1.54, 1.807) is 0 Å². The molecule has 0 unspecified atom stereocenters. The predicted octanol–water partition coefficient (Wildman–Crippen LogP) is 1.03. The first kappa shape index (κ1) is 12.1. The molecule has 0 aromatic heterocycles. The minimum atomic E-state index is -0.0882. The van der Waals surface area contributed by atoms with Gasteiger partial charge in [0.1, 0.15) is 0 Å². The van der Waals surface area contributed by atoms with Crippen LogP contribution in [0.5, 0.6) is 0 Å². The van der Waals surface area contributed by atoms with Gasteiger partial charge in [-0.25, -0.2) is 5.48 Å². The Morgan fingerprint density at radius 2 is 2.00 bits per heavy atom. The third-order valence-electron chi connectivity index (χ3n) is 2.83. The molecular weight excluding hydrogens is 216 g/mol.